The summed E-state index contributed by atoms with van der Waals surface area (Å²) in [4.78, 5) is 12.6. The highest BCUT2D eigenvalue weighted by atomic mass is 35.5. The molecule has 1 aromatic carbocycles. The minimum Gasteiger partial charge on any atom is -0.376 e. The molecule has 1 aromatic rings. The van der Waals surface area contributed by atoms with Crippen LogP contribution in [-0.2, 0) is 10.3 Å². The van der Waals surface area contributed by atoms with Crippen molar-refractivity contribution in [1.82, 2.24) is 10.6 Å². The van der Waals surface area contributed by atoms with Crippen LogP contribution >= 0.6 is 11.6 Å². The van der Waals surface area contributed by atoms with E-state index in [2.05, 4.69) is 10.6 Å². The van der Waals surface area contributed by atoms with Crippen LogP contribution in [0.4, 0.5) is 4.79 Å². The zero-order valence-electron chi connectivity index (χ0n) is 14.3. The van der Waals surface area contributed by atoms with Crippen LogP contribution in [0, 0.1) is 0 Å². The van der Waals surface area contributed by atoms with Gasteiger partial charge in [-0.3, -0.25) is 0 Å². The van der Waals surface area contributed by atoms with Crippen molar-refractivity contribution in [3.8, 4) is 0 Å². The maximum Gasteiger partial charge on any atom is 0.315 e. The molecule has 1 saturated carbocycles. The van der Waals surface area contributed by atoms with Crippen molar-refractivity contribution >= 4 is 17.6 Å². The van der Waals surface area contributed by atoms with Gasteiger partial charge in [0, 0.05) is 11.6 Å². The Labute approximate surface area is 149 Å². The van der Waals surface area contributed by atoms with Gasteiger partial charge in [-0.15, -0.1) is 0 Å². The first-order valence-corrected chi connectivity index (χ1v) is 9.43. The summed E-state index contributed by atoms with van der Waals surface area (Å²) < 4.78 is 5.67. The highest BCUT2D eigenvalue weighted by Gasteiger charge is 2.36. The van der Waals surface area contributed by atoms with Crippen LogP contribution in [0.25, 0.3) is 0 Å². The molecule has 0 spiro atoms. The maximum atomic E-state index is 12.6. The van der Waals surface area contributed by atoms with Gasteiger partial charge in [-0.2, -0.15) is 0 Å². The summed E-state index contributed by atoms with van der Waals surface area (Å²) in [6.07, 6.45) is 7.65. The number of rotatable bonds is 4. The Morgan fingerprint density at radius 3 is 2.54 bits per heavy atom. The molecule has 1 heterocycles. The molecule has 2 aliphatic rings. The number of ether oxygens (including phenoxy) is 1. The predicted molar refractivity (Wildman–Crippen MR) is 96.3 cm³/mol. The summed E-state index contributed by atoms with van der Waals surface area (Å²) >= 11 is 6.03. The van der Waals surface area contributed by atoms with E-state index in [1.165, 1.54) is 6.42 Å². The second-order valence-corrected chi connectivity index (χ2v) is 7.52. The van der Waals surface area contributed by atoms with E-state index in [0.29, 0.717) is 0 Å². The molecule has 1 aliphatic heterocycles. The standard InChI is InChI=1S/C19H27ClN2O2/c1-14(17-6-5-13-24-17)21-18(23)22-19(11-3-2-4-12-19)15-7-9-16(20)10-8-15/h7-10,14,17H,2-6,11-13H2,1H3,(H2,21,22,23)/t14-,17+/m1/s1. The SMILES string of the molecule is C[C@@H](NC(=O)NC1(c2ccc(Cl)cc2)CCCCC1)[C@@H]1CCCO1. The largest absolute Gasteiger partial charge is 0.376 e. The number of carbonyl (C=O) groups is 1. The van der Waals surface area contributed by atoms with Crippen molar-refractivity contribution in [2.75, 3.05) is 6.61 Å². The zero-order chi connectivity index (χ0) is 17.0. The van der Waals surface area contributed by atoms with Crippen molar-refractivity contribution in [3.63, 3.8) is 0 Å². The summed E-state index contributed by atoms with van der Waals surface area (Å²) in [5.74, 6) is 0. The van der Waals surface area contributed by atoms with Gasteiger partial charge in [0.05, 0.1) is 17.7 Å². The van der Waals surface area contributed by atoms with Gasteiger partial charge in [0.1, 0.15) is 0 Å². The Balaban J connectivity index is 1.69. The average Bonchev–Trinajstić information content (AvgIpc) is 3.10. The van der Waals surface area contributed by atoms with Crippen molar-refractivity contribution < 1.29 is 9.53 Å². The lowest BCUT2D eigenvalue weighted by Crippen LogP contribution is -2.54. The monoisotopic (exact) mass is 350 g/mol. The van der Waals surface area contributed by atoms with E-state index in [1.54, 1.807) is 0 Å². The lowest BCUT2D eigenvalue weighted by molar-refractivity contribution is 0.0849. The molecule has 4 nitrogen and oxygen atoms in total. The number of hydrogen-bond donors (Lipinski definition) is 2. The maximum absolute atomic E-state index is 12.6. The lowest BCUT2D eigenvalue weighted by Gasteiger charge is -2.39. The molecule has 1 saturated heterocycles. The summed E-state index contributed by atoms with van der Waals surface area (Å²) in [7, 11) is 0. The van der Waals surface area contributed by atoms with E-state index in [4.69, 9.17) is 16.3 Å². The Morgan fingerprint density at radius 2 is 1.92 bits per heavy atom. The number of carbonyl (C=O) groups excluding carboxylic acids is 1. The van der Waals surface area contributed by atoms with Crippen LogP contribution in [0.5, 0.6) is 0 Å². The average molecular weight is 351 g/mol. The molecule has 2 fully saturated rings. The molecule has 24 heavy (non-hydrogen) atoms. The molecule has 0 unspecified atom stereocenters. The van der Waals surface area contributed by atoms with Gasteiger partial charge >= 0.3 is 6.03 Å². The van der Waals surface area contributed by atoms with Crippen molar-refractivity contribution in [2.24, 2.45) is 0 Å². The van der Waals surface area contributed by atoms with Gasteiger partial charge in [0.2, 0.25) is 0 Å². The number of benzene rings is 1. The van der Waals surface area contributed by atoms with Gasteiger partial charge in [0.15, 0.2) is 0 Å². The fourth-order valence-electron chi connectivity index (χ4n) is 3.96. The first-order chi connectivity index (χ1) is 11.6. The van der Waals surface area contributed by atoms with E-state index in [9.17, 15) is 4.79 Å². The molecule has 3 rings (SSSR count). The van der Waals surface area contributed by atoms with Gasteiger partial charge in [-0.05, 0) is 50.3 Å². The summed E-state index contributed by atoms with van der Waals surface area (Å²) in [5.41, 5.74) is 0.856. The third-order valence-electron chi connectivity index (χ3n) is 5.34. The third kappa shape index (κ3) is 4.04. The number of nitrogens with one attached hydrogen (secondary N) is 2. The Kier molecular flexibility index (Phi) is 5.67. The molecular weight excluding hydrogens is 324 g/mol. The Hall–Kier alpha value is -1.26. The van der Waals surface area contributed by atoms with Gasteiger partial charge in [-0.25, -0.2) is 4.79 Å². The van der Waals surface area contributed by atoms with Crippen LogP contribution in [0.2, 0.25) is 5.02 Å². The van der Waals surface area contributed by atoms with Crippen molar-refractivity contribution in [1.29, 1.82) is 0 Å². The molecule has 0 radical (unpaired) electrons. The van der Waals surface area contributed by atoms with Crippen molar-refractivity contribution in [3.05, 3.63) is 34.9 Å². The highest BCUT2D eigenvalue weighted by molar-refractivity contribution is 6.30. The van der Waals surface area contributed by atoms with E-state index >= 15 is 0 Å². The molecule has 1 aliphatic carbocycles. The number of urea groups is 1. The van der Waals surface area contributed by atoms with Crippen molar-refractivity contribution in [2.45, 2.75) is 69.6 Å². The van der Waals surface area contributed by atoms with Gasteiger partial charge in [0.25, 0.3) is 0 Å². The van der Waals surface area contributed by atoms with Crippen LogP contribution in [-0.4, -0.2) is 24.8 Å². The summed E-state index contributed by atoms with van der Waals surface area (Å²) in [6, 6.07) is 7.81. The number of amides is 2. The van der Waals surface area contributed by atoms with Crippen LogP contribution in [0.3, 0.4) is 0 Å². The fourth-order valence-corrected chi connectivity index (χ4v) is 4.09. The topological polar surface area (TPSA) is 50.4 Å². The molecule has 2 atom stereocenters. The van der Waals surface area contributed by atoms with E-state index in [0.717, 1.165) is 55.7 Å². The van der Waals surface area contributed by atoms with Gasteiger partial charge < -0.3 is 15.4 Å². The number of halogens is 1. The Morgan fingerprint density at radius 1 is 1.21 bits per heavy atom. The second kappa shape index (κ2) is 7.75. The second-order valence-electron chi connectivity index (χ2n) is 7.09. The Bertz CT molecular complexity index is 549. The van der Waals surface area contributed by atoms with Gasteiger partial charge in [-0.1, -0.05) is 43.0 Å². The minimum absolute atomic E-state index is 0.0263. The minimum atomic E-state index is -0.289. The number of hydrogen-bond acceptors (Lipinski definition) is 2. The van der Waals surface area contributed by atoms with E-state index in [1.807, 2.05) is 31.2 Å². The molecule has 2 amide bonds. The molecular formula is C19H27ClN2O2. The quantitative estimate of drug-likeness (QED) is 0.847. The van der Waals surface area contributed by atoms with Crippen LogP contribution in [0.1, 0.15) is 57.4 Å². The van der Waals surface area contributed by atoms with Crippen LogP contribution < -0.4 is 10.6 Å². The first kappa shape index (κ1) is 17.6. The fraction of sp³-hybridized carbons (Fsp3) is 0.632. The highest BCUT2D eigenvalue weighted by Crippen LogP contribution is 2.37. The first-order valence-electron chi connectivity index (χ1n) is 9.05. The summed E-state index contributed by atoms with van der Waals surface area (Å²) in [5, 5.41) is 7.07. The molecule has 2 N–H and O–H groups in total. The molecule has 132 valence electrons. The zero-order valence-corrected chi connectivity index (χ0v) is 15.1. The normalized spacial score (nSPS) is 24.3. The molecule has 0 bridgehead atoms. The van der Waals surface area contributed by atoms with E-state index < -0.39 is 0 Å². The smallest absolute Gasteiger partial charge is 0.315 e. The molecule has 5 heteroatoms. The lowest BCUT2D eigenvalue weighted by atomic mass is 9.76. The third-order valence-corrected chi connectivity index (χ3v) is 5.59. The predicted octanol–water partition coefficient (Wildman–Crippen LogP) is 4.37. The molecule has 0 aromatic heterocycles. The van der Waals surface area contributed by atoms with Crippen LogP contribution in [0.15, 0.2) is 24.3 Å². The summed E-state index contributed by atoms with van der Waals surface area (Å²) in [6.45, 7) is 2.82. The van der Waals surface area contributed by atoms with E-state index in [-0.39, 0.29) is 23.7 Å².